The van der Waals surface area contributed by atoms with E-state index in [1.54, 1.807) is 0 Å². The Bertz CT molecular complexity index is 145. The van der Waals surface area contributed by atoms with E-state index in [1.807, 2.05) is 17.8 Å². The van der Waals surface area contributed by atoms with Gasteiger partial charge in [0, 0.05) is 5.75 Å². The van der Waals surface area contributed by atoms with Crippen LogP contribution in [0.25, 0.3) is 0 Å². The average molecular weight is 230 g/mol. The number of allylic oxidation sites excluding steroid dienone is 1. The first-order valence-electron chi connectivity index (χ1n) is 6.03. The molecular formula is C13H26OS. The summed E-state index contributed by atoms with van der Waals surface area (Å²) in [4.78, 5) is 0. The summed E-state index contributed by atoms with van der Waals surface area (Å²) in [6.45, 7) is 8.13. The predicted octanol–water partition coefficient (Wildman–Crippen LogP) is 3.87. The second-order valence-electron chi connectivity index (χ2n) is 4.51. The van der Waals surface area contributed by atoms with Gasteiger partial charge in [-0.3, -0.25) is 0 Å². The molecule has 0 aliphatic rings. The summed E-state index contributed by atoms with van der Waals surface area (Å²) in [7, 11) is 0. The summed E-state index contributed by atoms with van der Waals surface area (Å²) in [5.74, 6) is 2.79. The summed E-state index contributed by atoms with van der Waals surface area (Å²) < 4.78 is 0. The second-order valence-corrected chi connectivity index (χ2v) is 5.59. The molecule has 0 fully saturated rings. The zero-order valence-electron chi connectivity index (χ0n) is 10.2. The van der Waals surface area contributed by atoms with E-state index in [-0.39, 0.29) is 6.10 Å². The Hall–Kier alpha value is 0.0500. The SMILES string of the molecule is C=CCCCCCC(O)CSCC(C)C. The highest BCUT2D eigenvalue weighted by atomic mass is 32.2. The van der Waals surface area contributed by atoms with Gasteiger partial charge >= 0.3 is 0 Å². The van der Waals surface area contributed by atoms with Gasteiger partial charge < -0.3 is 5.11 Å². The minimum Gasteiger partial charge on any atom is -0.392 e. The highest BCUT2D eigenvalue weighted by Gasteiger charge is 2.04. The molecule has 1 unspecified atom stereocenters. The van der Waals surface area contributed by atoms with E-state index >= 15 is 0 Å². The molecule has 1 N–H and O–H groups in total. The zero-order chi connectivity index (χ0) is 11.5. The van der Waals surface area contributed by atoms with Crippen molar-refractivity contribution in [3.8, 4) is 0 Å². The number of aliphatic hydroxyl groups excluding tert-OH is 1. The largest absolute Gasteiger partial charge is 0.392 e. The predicted molar refractivity (Wildman–Crippen MR) is 71.5 cm³/mol. The van der Waals surface area contributed by atoms with E-state index in [2.05, 4.69) is 20.4 Å². The normalized spacial score (nSPS) is 13.1. The molecule has 0 aromatic carbocycles. The minimum absolute atomic E-state index is 0.0996. The summed E-state index contributed by atoms with van der Waals surface area (Å²) in [5.41, 5.74) is 0. The Morgan fingerprint density at radius 2 is 1.93 bits per heavy atom. The van der Waals surface area contributed by atoms with Gasteiger partial charge in [0.05, 0.1) is 6.10 Å². The molecule has 0 saturated heterocycles. The molecule has 1 atom stereocenters. The van der Waals surface area contributed by atoms with Crippen LogP contribution in [0.5, 0.6) is 0 Å². The molecule has 0 aromatic rings. The highest BCUT2D eigenvalue weighted by molar-refractivity contribution is 7.99. The van der Waals surface area contributed by atoms with Gasteiger partial charge in [-0.2, -0.15) is 11.8 Å². The molecule has 0 heterocycles. The molecule has 0 rings (SSSR count). The summed E-state index contributed by atoms with van der Waals surface area (Å²) >= 11 is 1.87. The zero-order valence-corrected chi connectivity index (χ0v) is 11.1. The maximum atomic E-state index is 9.68. The van der Waals surface area contributed by atoms with Crippen LogP contribution in [0, 0.1) is 5.92 Å². The van der Waals surface area contributed by atoms with Crippen molar-refractivity contribution in [3.63, 3.8) is 0 Å². The molecule has 0 aromatic heterocycles. The Labute approximate surface area is 99.3 Å². The number of aliphatic hydroxyl groups is 1. The van der Waals surface area contributed by atoms with Gasteiger partial charge in [-0.25, -0.2) is 0 Å². The molecule has 2 heteroatoms. The Morgan fingerprint density at radius 3 is 2.53 bits per heavy atom. The maximum absolute atomic E-state index is 9.68. The minimum atomic E-state index is -0.0996. The van der Waals surface area contributed by atoms with Crippen LogP contribution in [0.15, 0.2) is 12.7 Å². The quantitative estimate of drug-likeness (QED) is 0.454. The smallest absolute Gasteiger partial charge is 0.0630 e. The average Bonchev–Trinajstić information content (AvgIpc) is 2.17. The molecule has 0 bridgehead atoms. The number of unbranched alkanes of at least 4 members (excludes halogenated alkanes) is 3. The molecule has 0 radical (unpaired) electrons. The molecule has 0 amide bonds. The molecule has 0 aliphatic heterocycles. The van der Waals surface area contributed by atoms with Crippen LogP contribution in [0.3, 0.4) is 0 Å². The van der Waals surface area contributed by atoms with E-state index in [0.717, 1.165) is 36.7 Å². The van der Waals surface area contributed by atoms with Crippen molar-refractivity contribution >= 4 is 11.8 Å². The van der Waals surface area contributed by atoms with Crippen LogP contribution >= 0.6 is 11.8 Å². The van der Waals surface area contributed by atoms with Crippen molar-refractivity contribution in [1.29, 1.82) is 0 Å². The van der Waals surface area contributed by atoms with Crippen molar-refractivity contribution in [1.82, 2.24) is 0 Å². The Morgan fingerprint density at radius 1 is 1.20 bits per heavy atom. The lowest BCUT2D eigenvalue weighted by molar-refractivity contribution is 0.185. The first-order chi connectivity index (χ1) is 7.16. The van der Waals surface area contributed by atoms with Crippen molar-refractivity contribution in [2.24, 2.45) is 5.92 Å². The molecule has 0 spiro atoms. The summed E-state index contributed by atoms with van der Waals surface area (Å²) in [6.07, 6.45) is 7.53. The van der Waals surface area contributed by atoms with Gasteiger partial charge in [0.15, 0.2) is 0 Å². The van der Waals surface area contributed by atoms with Crippen molar-refractivity contribution in [3.05, 3.63) is 12.7 Å². The maximum Gasteiger partial charge on any atom is 0.0630 e. The van der Waals surface area contributed by atoms with Gasteiger partial charge in [-0.05, 0) is 30.9 Å². The van der Waals surface area contributed by atoms with Gasteiger partial charge in [-0.15, -0.1) is 6.58 Å². The number of hydrogen-bond acceptors (Lipinski definition) is 2. The highest BCUT2D eigenvalue weighted by Crippen LogP contribution is 2.13. The van der Waals surface area contributed by atoms with Crippen molar-refractivity contribution in [2.45, 2.75) is 52.1 Å². The molecular weight excluding hydrogens is 204 g/mol. The van der Waals surface area contributed by atoms with Gasteiger partial charge in [-0.1, -0.05) is 32.8 Å². The fourth-order valence-corrected chi connectivity index (χ4v) is 2.41. The second kappa shape index (κ2) is 10.6. The third kappa shape index (κ3) is 12.0. The topological polar surface area (TPSA) is 20.2 Å². The standard InChI is InChI=1S/C13H26OS/c1-4-5-6-7-8-9-13(14)11-15-10-12(2)3/h4,12-14H,1,5-11H2,2-3H3. The fraction of sp³-hybridized carbons (Fsp3) is 0.846. The van der Waals surface area contributed by atoms with Crippen LogP contribution in [0.1, 0.15) is 46.0 Å². The summed E-state index contributed by atoms with van der Waals surface area (Å²) in [6, 6.07) is 0. The molecule has 0 saturated carbocycles. The molecule has 90 valence electrons. The lowest BCUT2D eigenvalue weighted by Gasteiger charge is -2.10. The van der Waals surface area contributed by atoms with E-state index in [0.29, 0.717) is 0 Å². The molecule has 15 heavy (non-hydrogen) atoms. The Balaban J connectivity index is 3.18. The fourth-order valence-electron chi connectivity index (χ4n) is 1.37. The number of hydrogen-bond donors (Lipinski definition) is 1. The van der Waals surface area contributed by atoms with E-state index < -0.39 is 0 Å². The number of rotatable bonds is 10. The monoisotopic (exact) mass is 230 g/mol. The van der Waals surface area contributed by atoms with Gasteiger partial charge in [0.25, 0.3) is 0 Å². The lowest BCUT2D eigenvalue weighted by Crippen LogP contribution is -2.10. The van der Waals surface area contributed by atoms with E-state index in [4.69, 9.17) is 0 Å². The van der Waals surface area contributed by atoms with Crippen LogP contribution in [0.4, 0.5) is 0 Å². The first-order valence-corrected chi connectivity index (χ1v) is 7.19. The third-order valence-corrected chi connectivity index (χ3v) is 3.73. The molecule has 1 nitrogen and oxygen atoms in total. The van der Waals surface area contributed by atoms with Gasteiger partial charge in [0.1, 0.15) is 0 Å². The summed E-state index contributed by atoms with van der Waals surface area (Å²) in [5, 5.41) is 9.68. The van der Waals surface area contributed by atoms with Crippen LogP contribution < -0.4 is 0 Å². The Kier molecular flexibility index (Phi) is 10.6. The number of thioether (sulfide) groups is 1. The van der Waals surface area contributed by atoms with Crippen LogP contribution in [0.2, 0.25) is 0 Å². The molecule has 0 aliphatic carbocycles. The third-order valence-electron chi connectivity index (χ3n) is 2.21. The van der Waals surface area contributed by atoms with Crippen LogP contribution in [-0.2, 0) is 0 Å². The first kappa shape index (κ1) is 15.0. The van der Waals surface area contributed by atoms with Crippen LogP contribution in [-0.4, -0.2) is 22.7 Å². The van der Waals surface area contributed by atoms with Crippen molar-refractivity contribution in [2.75, 3.05) is 11.5 Å². The van der Waals surface area contributed by atoms with Gasteiger partial charge in [0.2, 0.25) is 0 Å². The van der Waals surface area contributed by atoms with Crippen molar-refractivity contribution < 1.29 is 5.11 Å². The van der Waals surface area contributed by atoms with E-state index in [9.17, 15) is 5.11 Å². The van der Waals surface area contributed by atoms with E-state index in [1.165, 1.54) is 12.8 Å². The lowest BCUT2D eigenvalue weighted by atomic mass is 10.1.